The predicted octanol–water partition coefficient (Wildman–Crippen LogP) is 3.23. The highest BCUT2D eigenvalue weighted by atomic mass is 32.2. The summed E-state index contributed by atoms with van der Waals surface area (Å²) in [5.74, 6) is -0.336. The lowest BCUT2D eigenvalue weighted by Crippen LogP contribution is -2.47. The second-order valence-electron chi connectivity index (χ2n) is 6.69. The van der Waals surface area contributed by atoms with Gasteiger partial charge in [-0.25, -0.2) is 13.6 Å². The highest BCUT2D eigenvalue weighted by Crippen LogP contribution is 2.40. The average molecular weight is 439 g/mol. The van der Waals surface area contributed by atoms with Crippen LogP contribution < -0.4 is 20.7 Å². The minimum absolute atomic E-state index is 0.0957. The quantitative estimate of drug-likeness (QED) is 0.543. The Morgan fingerprint density at radius 3 is 2.27 bits per heavy atom. The molecule has 1 aliphatic heterocycles. The number of hydrogen-bond donors (Lipinski definition) is 3. The maximum atomic E-state index is 13.1. The van der Waals surface area contributed by atoms with Crippen LogP contribution in [0.5, 0.6) is 0 Å². The van der Waals surface area contributed by atoms with Crippen LogP contribution in [0, 0.1) is 0 Å². The van der Waals surface area contributed by atoms with Crippen LogP contribution in [0.4, 0.5) is 17.1 Å². The number of nitrogens with one attached hydrogen (secondary N) is 2. The molecule has 0 saturated heterocycles. The second kappa shape index (κ2) is 7.86. The number of rotatable bonds is 3. The van der Waals surface area contributed by atoms with Crippen LogP contribution in [0.3, 0.4) is 0 Å². The van der Waals surface area contributed by atoms with Gasteiger partial charge in [-0.15, -0.1) is 0 Å². The third-order valence-corrected chi connectivity index (χ3v) is 5.89. The summed E-state index contributed by atoms with van der Waals surface area (Å²) in [6, 6.07) is 22.2. The van der Waals surface area contributed by atoms with Gasteiger partial charge in [-0.05, 0) is 48.1 Å². The summed E-state index contributed by atoms with van der Waals surface area (Å²) in [5, 5.41) is 11.5. The summed E-state index contributed by atoms with van der Waals surface area (Å²) in [6.07, 6.45) is 0. The van der Waals surface area contributed by atoms with Gasteiger partial charge in [-0.2, -0.15) is 0 Å². The molecule has 1 amide bonds. The number of carbonyl (C=O) groups excluding carboxylic acids is 1. The predicted molar refractivity (Wildman–Crippen MR) is 121 cm³/mol. The zero-order chi connectivity index (χ0) is 21.3. The molecular weight excluding hydrogens is 420 g/mol. The topological polar surface area (TPSA) is 105 Å². The number of para-hydroxylation sites is 1. The van der Waals surface area contributed by atoms with Crippen molar-refractivity contribution in [3.05, 3.63) is 84.4 Å². The van der Waals surface area contributed by atoms with E-state index in [-0.39, 0.29) is 10.8 Å². The second-order valence-corrected chi connectivity index (χ2v) is 8.64. The van der Waals surface area contributed by atoms with E-state index in [9.17, 15) is 13.2 Å². The molecule has 9 heteroatoms. The summed E-state index contributed by atoms with van der Waals surface area (Å²) in [6.45, 7) is 0. The molecule has 3 aromatic carbocycles. The molecule has 0 fully saturated rings. The van der Waals surface area contributed by atoms with E-state index >= 15 is 0 Å². The van der Waals surface area contributed by atoms with E-state index in [0.717, 1.165) is 11.3 Å². The van der Waals surface area contributed by atoms with E-state index in [1.807, 2.05) is 60.7 Å². The number of hydrogen-bond acceptors (Lipinski definition) is 4. The van der Waals surface area contributed by atoms with Gasteiger partial charge in [0.15, 0.2) is 5.11 Å². The number of carbonyl (C=O) groups is 1. The Bertz CT molecular complexity index is 1220. The first kappa shape index (κ1) is 20.0. The Labute approximate surface area is 179 Å². The summed E-state index contributed by atoms with van der Waals surface area (Å²) in [4.78, 5) is 14.6. The fourth-order valence-electron chi connectivity index (χ4n) is 3.33. The van der Waals surface area contributed by atoms with Crippen LogP contribution in [0.15, 0.2) is 83.8 Å². The lowest BCUT2D eigenvalue weighted by Gasteiger charge is -2.38. The molecule has 1 unspecified atom stereocenters. The Morgan fingerprint density at radius 1 is 1.00 bits per heavy atom. The van der Waals surface area contributed by atoms with Crippen LogP contribution in [-0.4, -0.2) is 19.4 Å². The minimum Gasteiger partial charge on any atom is -0.332 e. The van der Waals surface area contributed by atoms with Crippen LogP contribution in [0.1, 0.15) is 11.6 Å². The number of nitrogens with zero attached hydrogens (tertiary/aromatic N) is 1. The van der Waals surface area contributed by atoms with Gasteiger partial charge in [0.2, 0.25) is 10.0 Å². The Morgan fingerprint density at radius 2 is 1.63 bits per heavy atom. The Kier molecular flexibility index (Phi) is 5.25. The van der Waals surface area contributed by atoms with Crippen molar-refractivity contribution in [2.75, 3.05) is 15.5 Å². The monoisotopic (exact) mass is 438 g/mol. The summed E-state index contributed by atoms with van der Waals surface area (Å²) in [7, 11) is -3.92. The van der Waals surface area contributed by atoms with Crippen molar-refractivity contribution >= 4 is 50.3 Å². The normalized spacial score (nSPS) is 15.8. The molecule has 0 aliphatic carbocycles. The van der Waals surface area contributed by atoms with E-state index < -0.39 is 16.1 Å². The van der Waals surface area contributed by atoms with Gasteiger partial charge in [-0.1, -0.05) is 48.5 Å². The first-order valence-electron chi connectivity index (χ1n) is 9.02. The highest BCUT2D eigenvalue weighted by Gasteiger charge is 2.37. The minimum atomic E-state index is -3.92. The summed E-state index contributed by atoms with van der Waals surface area (Å²) < 4.78 is 23.5. The molecule has 152 valence electrons. The van der Waals surface area contributed by atoms with E-state index in [1.165, 1.54) is 12.1 Å². The number of anilines is 3. The molecule has 1 aliphatic rings. The van der Waals surface area contributed by atoms with Gasteiger partial charge in [0.1, 0.15) is 6.04 Å². The van der Waals surface area contributed by atoms with E-state index in [4.69, 9.17) is 17.4 Å². The van der Waals surface area contributed by atoms with Crippen molar-refractivity contribution < 1.29 is 13.2 Å². The first-order valence-corrected chi connectivity index (χ1v) is 11.0. The highest BCUT2D eigenvalue weighted by molar-refractivity contribution is 7.89. The van der Waals surface area contributed by atoms with E-state index in [1.54, 1.807) is 11.0 Å². The Hall–Kier alpha value is -3.27. The molecule has 3 aromatic rings. The summed E-state index contributed by atoms with van der Waals surface area (Å²) >= 11 is 5.66. The van der Waals surface area contributed by atoms with Crippen molar-refractivity contribution in [2.45, 2.75) is 10.9 Å². The van der Waals surface area contributed by atoms with Gasteiger partial charge >= 0.3 is 0 Å². The van der Waals surface area contributed by atoms with Gasteiger partial charge in [0.05, 0.1) is 16.3 Å². The molecule has 4 rings (SSSR count). The van der Waals surface area contributed by atoms with Gasteiger partial charge in [-0.3, -0.25) is 4.79 Å². The molecule has 0 bridgehead atoms. The van der Waals surface area contributed by atoms with E-state index in [2.05, 4.69) is 10.6 Å². The zero-order valence-electron chi connectivity index (χ0n) is 15.6. The average Bonchev–Trinajstić information content (AvgIpc) is 2.73. The fraction of sp³-hybridized carbons (Fsp3) is 0.0476. The molecule has 0 radical (unpaired) electrons. The maximum Gasteiger partial charge on any atom is 0.252 e. The van der Waals surface area contributed by atoms with Crippen molar-refractivity contribution in [2.24, 2.45) is 5.14 Å². The number of sulfonamides is 1. The molecule has 7 nitrogen and oxygen atoms in total. The number of fused-ring (bicyclic) bond motifs is 1. The van der Waals surface area contributed by atoms with Crippen LogP contribution >= 0.6 is 12.2 Å². The first-order chi connectivity index (χ1) is 14.3. The standard InChI is InChI=1S/C21H18N4O3S2/c22-30(27,28)16-11-12-18-17(13-16)24-20(26)19(14-7-3-1-4-8-14)25(18)21(29)23-15-9-5-2-6-10-15/h1-13,19H,(H,23,29)(H,24,26)(H2,22,27,28). The van der Waals surface area contributed by atoms with Crippen LogP contribution in [0.25, 0.3) is 0 Å². The van der Waals surface area contributed by atoms with Gasteiger partial charge in [0, 0.05) is 5.69 Å². The number of nitrogens with two attached hydrogens (primary N) is 1. The van der Waals surface area contributed by atoms with Crippen LogP contribution in [-0.2, 0) is 14.8 Å². The van der Waals surface area contributed by atoms with Crippen molar-refractivity contribution in [3.8, 4) is 0 Å². The molecular formula is C21H18N4O3S2. The zero-order valence-corrected chi connectivity index (χ0v) is 17.3. The molecule has 30 heavy (non-hydrogen) atoms. The molecule has 0 aromatic heterocycles. The van der Waals surface area contributed by atoms with Gasteiger partial charge < -0.3 is 15.5 Å². The lowest BCUT2D eigenvalue weighted by molar-refractivity contribution is -0.117. The SMILES string of the molecule is NS(=O)(=O)c1ccc2c(c1)NC(=O)C(c1ccccc1)N2C(=S)Nc1ccccc1. The number of amides is 1. The van der Waals surface area contributed by atoms with Crippen LogP contribution in [0.2, 0.25) is 0 Å². The Balaban J connectivity index is 1.82. The molecule has 1 heterocycles. The van der Waals surface area contributed by atoms with Crippen molar-refractivity contribution in [3.63, 3.8) is 0 Å². The third kappa shape index (κ3) is 3.90. The molecule has 0 saturated carbocycles. The summed E-state index contributed by atoms with van der Waals surface area (Å²) in [5.41, 5.74) is 2.39. The van der Waals surface area contributed by atoms with Gasteiger partial charge in [0.25, 0.3) is 5.91 Å². The van der Waals surface area contributed by atoms with Crippen molar-refractivity contribution in [1.29, 1.82) is 0 Å². The number of thiocarbonyl (C=S) groups is 1. The lowest BCUT2D eigenvalue weighted by atomic mass is 10.0. The third-order valence-electron chi connectivity index (χ3n) is 4.68. The largest absolute Gasteiger partial charge is 0.332 e. The molecule has 0 spiro atoms. The molecule has 4 N–H and O–H groups in total. The van der Waals surface area contributed by atoms with Crippen molar-refractivity contribution in [1.82, 2.24) is 0 Å². The smallest absolute Gasteiger partial charge is 0.252 e. The number of primary sulfonamides is 1. The number of benzene rings is 3. The van der Waals surface area contributed by atoms with E-state index in [0.29, 0.717) is 16.5 Å². The maximum absolute atomic E-state index is 13.1. The fourth-order valence-corrected chi connectivity index (χ4v) is 4.19. The molecule has 1 atom stereocenters.